The molecule has 9 nitrogen and oxygen atoms in total. The molecule has 9 heteroatoms. The first-order valence-corrected chi connectivity index (χ1v) is 7.02. The molecule has 1 unspecified atom stereocenters. The van der Waals surface area contributed by atoms with Crippen molar-refractivity contribution in [1.29, 1.82) is 0 Å². The lowest BCUT2D eigenvalue weighted by Gasteiger charge is -2.13. The zero-order chi connectivity index (χ0) is 17.1. The lowest BCUT2D eigenvalue weighted by atomic mass is 10.1. The Morgan fingerprint density at radius 3 is 2.74 bits per heavy atom. The van der Waals surface area contributed by atoms with Crippen molar-refractivity contribution in [2.45, 2.75) is 32.7 Å². The number of hydrogen-bond donors (Lipinski definition) is 2. The fraction of sp³-hybridized carbons (Fsp3) is 0.357. The molecule has 0 aliphatic rings. The van der Waals surface area contributed by atoms with Gasteiger partial charge in [0.15, 0.2) is 0 Å². The van der Waals surface area contributed by atoms with Crippen LogP contribution in [0.4, 0.5) is 5.69 Å². The van der Waals surface area contributed by atoms with Gasteiger partial charge in [-0.05, 0) is 19.4 Å². The molecule has 0 radical (unpaired) electrons. The molecule has 2 aromatic heterocycles. The number of imidazole rings is 1. The number of nitro groups is 1. The van der Waals surface area contributed by atoms with E-state index in [4.69, 9.17) is 5.11 Å². The summed E-state index contributed by atoms with van der Waals surface area (Å²) in [6.45, 7) is 3.40. The number of pyridine rings is 1. The van der Waals surface area contributed by atoms with Gasteiger partial charge in [-0.3, -0.25) is 19.3 Å². The maximum atomic E-state index is 12.4. The number of rotatable bonds is 6. The molecule has 0 saturated carbocycles. The number of fused-ring (bicyclic) bond motifs is 1. The van der Waals surface area contributed by atoms with Crippen LogP contribution < -0.4 is 5.32 Å². The fourth-order valence-corrected chi connectivity index (χ4v) is 2.31. The van der Waals surface area contributed by atoms with Gasteiger partial charge in [-0.1, -0.05) is 13.3 Å². The normalized spacial score (nSPS) is 12.1. The zero-order valence-electron chi connectivity index (χ0n) is 12.6. The minimum absolute atomic E-state index is 0.0889. The summed E-state index contributed by atoms with van der Waals surface area (Å²) in [5.74, 6) is -1.76. The van der Waals surface area contributed by atoms with Crippen LogP contribution >= 0.6 is 0 Å². The van der Waals surface area contributed by atoms with Crippen LogP contribution in [0.1, 0.15) is 35.9 Å². The van der Waals surface area contributed by atoms with Crippen molar-refractivity contribution in [1.82, 2.24) is 14.7 Å². The van der Waals surface area contributed by atoms with Crippen molar-refractivity contribution < 1.29 is 19.6 Å². The van der Waals surface area contributed by atoms with Gasteiger partial charge < -0.3 is 10.4 Å². The van der Waals surface area contributed by atoms with Crippen molar-refractivity contribution >= 4 is 23.2 Å². The molecule has 0 aliphatic heterocycles. The van der Waals surface area contributed by atoms with Gasteiger partial charge in [0.2, 0.25) is 0 Å². The highest BCUT2D eigenvalue weighted by atomic mass is 16.6. The number of carbonyl (C=O) groups is 2. The number of carboxylic acids is 1. The Bertz CT molecular complexity index is 783. The molecule has 0 aromatic carbocycles. The topological polar surface area (TPSA) is 127 Å². The van der Waals surface area contributed by atoms with E-state index < -0.39 is 22.8 Å². The largest absolute Gasteiger partial charge is 0.480 e. The maximum absolute atomic E-state index is 12.4. The minimum Gasteiger partial charge on any atom is -0.480 e. The molecule has 0 aliphatic carbocycles. The molecule has 2 heterocycles. The zero-order valence-corrected chi connectivity index (χ0v) is 12.6. The molecule has 0 fully saturated rings. The molecule has 0 bridgehead atoms. The molecule has 0 spiro atoms. The number of aryl methyl sites for hydroxylation is 1. The third kappa shape index (κ3) is 3.28. The highest BCUT2D eigenvalue weighted by molar-refractivity contribution is 5.97. The summed E-state index contributed by atoms with van der Waals surface area (Å²) in [5, 5.41) is 22.4. The summed E-state index contributed by atoms with van der Waals surface area (Å²) < 4.78 is 1.30. The number of hydrogen-bond acceptors (Lipinski definition) is 5. The lowest BCUT2D eigenvalue weighted by molar-refractivity contribution is -0.385. The van der Waals surface area contributed by atoms with Gasteiger partial charge >= 0.3 is 5.97 Å². The van der Waals surface area contributed by atoms with E-state index in [0.29, 0.717) is 17.8 Å². The summed E-state index contributed by atoms with van der Waals surface area (Å²) in [7, 11) is 0. The van der Waals surface area contributed by atoms with Crippen LogP contribution in [-0.2, 0) is 4.79 Å². The van der Waals surface area contributed by atoms with Crippen molar-refractivity contribution in [2.75, 3.05) is 0 Å². The Morgan fingerprint density at radius 2 is 2.17 bits per heavy atom. The molecule has 1 atom stereocenters. The Labute approximate surface area is 131 Å². The number of aromatic nitrogens is 2. The summed E-state index contributed by atoms with van der Waals surface area (Å²) in [6.07, 6.45) is 2.08. The first kappa shape index (κ1) is 16.4. The van der Waals surface area contributed by atoms with Gasteiger partial charge in [0.1, 0.15) is 17.4 Å². The Hall–Kier alpha value is -2.97. The monoisotopic (exact) mass is 320 g/mol. The number of carboxylic acid groups (broad SMARTS) is 1. The highest BCUT2D eigenvalue weighted by Crippen LogP contribution is 2.18. The minimum atomic E-state index is -1.13. The Balaban J connectivity index is 2.43. The van der Waals surface area contributed by atoms with E-state index in [0.717, 1.165) is 0 Å². The van der Waals surface area contributed by atoms with E-state index in [9.17, 15) is 19.7 Å². The van der Waals surface area contributed by atoms with Crippen molar-refractivity contribution in [3.63, 3.8) is 0 Å². The second kappa shape index (κ2) is 6.42. The van der Waals surface area contributed by atoms with Crippen LogP contribution in [0, 0.1) is 17.0 Å². The number of aliphatic carboxylic acids is 1. The van der Waals surface area contributed by atoms with Crippen LogP contribution in [0.2, 0.25) is 0 Å². The molecular formula is C14H16N4O5. The van der Waals surface area contributed by atoms with E-state index in [2.05, 4.69) is 10.3 Å². The quantitative estimate of drug-likeness (QED) is 0.614. The third-order valence-electron chi connectivity index (χ3n) is 3.38. The molecule has 2 rings (SSSR count). The molecule has 2 N–H and O–H groups in total. The molecule has 122 valence electrons. The van der Waals surface area contributed by atoms with Crippen LogP contribution in [0.3, 0.4) is 0 Å². The van der Waals surface area contributed by atoms with Gasteiger partial charge in [0, 0.05) is 6.07 Å². The van der Waals surface area contributed by atoms with Crippen molar-refractivity contribution in [3.8, 4) is 0 Å². The summed E-state index contributed by atoms with van der Waals surface area (Å²) in [5.41, 5.74) is 0.641. The predicted molar refractivity (Wildman–Crippen MR) is 80.4 cm³/mol. The van der Waals surface area contributed by atoms with Gasteiger partial charge in [0.25, 0.3) is 11.6 Å². The molecule has 2 aromatic rings. The smallest absolute Gasteiger partial charge is 0.326 e. The molecule has 23 heavy (non-hydrogen) atoms. The van der Waals surface area contributed by atoms with E-state index in [1.807, 2.05) is 6.92 Å². The average molecular weight is 320 g/mol. The van der Waals surface area contributed by atoms with Crippen LogP contribution in [0.25, 0.3) is 5.65 Å². The predicted octanol–water partition coefficient (Wildman–Crippen LogP) is 1.53. The number of nitrogens with zero attached hydrogens (tertiary/aromatic N) is 3. The van der Waals surface area contributed by atoms with Crippen LogP contribution in [0.5, 0.6) is 0 Å². The number of carbonyl (C=O) groups excluding carboxylic acids is 1. The fourth-order valence-electron chi connectivity index (χ4n) is 2.31. The first-order valence-electron chi connectivity index (χ1n) is 7.02. The average Bonchev–Trinajstić information content (AvgIpc) is 2.81. The van der Waals surface area contributed by atoms with E-state index in [-0.39, 0.29) is 17.8 Å². The van der Waals surface area contributed by atoms with Gasteiger partial charge in [-0.25, -0.2) is 9.78 Å². The van der Waals surface area contributed by atoms with Crippen LogP contribution in [0.15, 0.2) is 18.3 Å². The van der Waals surface area contributed by atoms with Gasteiger partial charge in [0.05, 0.1) is 16.8 Å². The summed E-state index contributed by atoms with van der Waals surface area (Å²) in [6, 6.07) is 1.71. The number of nitrogens with one attached hydrogen (secondary N) is 1. The second-order valence-electron chi connectivity index (χ2n) is 5.07. The number of amides is 1. The second-order valence-corrected chi connectivity index (χ2v) is 5.07. The first-order chi connectivity index (χ1) is 10.8. The molecule has 1 amide bonds. The van der Waals surface area contributed by atoms with Crippen molar-refractivity contribution in [3.05, 3.63) is 39.8 Å². The standard InChI is InChI=1S/C14H16N4O5/c1-3-4-10(14(20)21)16-13(19)12-8(2)15-11-6-5-9(18(22)23)7-17(11)12/h5-7,10H,3-4H2,1-2H3,(H,16,19)(H,20,21). The molecular weight excluding hydrogens is 304 g/mol. The SMILES string of the molecule is CCCC(NC(=O)c1c(C)nc2ccc([N+](=O)[O-])cn12)C(=O)O. The lowest BCUT2D eigenvalue weighted by Crippen LogP contribution is -2.41. The third-order valence-corrected chi connectivity index (χ3v) is 3.38. The van der Waals surface area contributed by atoms with Gasteiger partial charge in [-0.15, -0.1) is 0 Å². The highest BCUT2D eigenvalue weighted by Gasteiger charge is 2.24. The Kier molecular flexibility index (Phi) is 4.58. The van der Waals surface area contributed by atoms with Crippen LogP contribution in [-0.4, -0.2) is 37.3 Å². The van der Waals surface area contributed by atoms with E-state index in [1.165, 1.54) is 22.7 Å². The van der Waals surface area contributed by atoms with Crippen molar-refractivity contribution in [2.24, 2.45) is 0 Å². The molecule has 0 saturated heterocycles. The van der Waals surface area contributed by atoms with Gasteiger partial charge in [-0.2, -0.15) is 0 Å². The summed E-state index contributed by atoms with van der Waals surface area (Å²) in [4.78, 5) is 38.0. The van der Waals surface area contributed by atoms with E-state index >= 15 is 0 Å². The summed E-state index contributed by atoms with van der Waals surface area (Å²) >= 11 is 0. The maximum Gasteiger partial charge on any atom is 0.326 e. The van der Waals surface area contributed by atoms with E-state index in [1.54, 1.807) is 6.92 Å². The Morgan fingerprint density at radius 1 is 1.48 bits per heavy atom.